The summed E-state index contributed by atoms with van der Waals surface area (Å²) in [5, 5.41) is 13.4. The second kappa shape index (κ2) is 14.7. The van der Waals surface area contributed by atoms with Crippen molar-refractivity contribution in [2.24, 2.45) is 15.9 Å². The maximum absolute atomic E-state index is 9.74. The first kappa shape index (κ1) is 33.7. The lowest BCUT2D eigenvalue weighted by Gasteiger charge is -2.30. The number of para-hydroxylation sites is 3. The van der Waals surface area contributed by atoms with E-state index in [1.807, 2.05) is 60.7 Å². The molecule has 2 atom stereocenters. The van der Waals surface area contributed by atoms with Crippen LogP contribution < -0.4 is 5.32 Å². The van der Waals surface area contributed by atoms with Crippen LogP contribution in [-0.4, -0.2) is 27.4 Å². The van der Waals surface area contributed by atoms with Gasteiger partial charge in [-0.3, -0.25) is 4.57 Å². The van der Waals surface area contributed by atoms with E-state index in [9.17, 15) is 5.26 Å². The van der Waals surface area contributed by atoms with Gasteiger partial charge in [0.15, 0.2) is 5.84 Å². The van der Waals surface area contributed by atoms with Crippen LogP contribution in [0.2, 0.25) is 0 Å². The van der Waals surface area contributed by atoms with Gasteiger partial charge in [-0.15, -0.1) is 0 Å². The Balaban J connectivity index is 1.16. The molecule has 6 nitrogen and oxygen atoms in total. The van der Waals surface area contributed by atoms with Gasteiger partial charge in [-0.25, -0.2) is 15.0 Å². The lowest BCUT2D eigenvalue weighted by atomic mass is 9.83. The molecule has 0 saturated carbocycles. The predicted octanol–water partition coefficient (Wildman–Crippen LogP) is 10.6. The topological polar surface area (TPSA) is 78.4 Å². The second-order valence-corrected chi connectivity index (χ2v) is 13.9. The Morgan fingerprint density at radius 3 is 2.25 bits per heavy atom. The zero-order valence-electron chi connectivity index (χ0n) is 30.5. The zero-order chi connectivity index (χ0) is 37.1. The highest BCUT2D eigenvalue weighted by atomic mass is 15.2. The van der Waals surface area contributed by atoms with E-state index in [2.05, 4.69) is 132 Å². The molecular formula is C49H38N6. The molecule has 1 N–H and O–H groups in total. The molecule has 0 amide bonds. The second-order valence-electron chi connectivity index (χ2n) is 13.9. The smallest absolute Gasteiger partial charge is 0.159 e. The predicted molar refractivity (Wildman–Crippen MR) is 224 cm³/mol. The van der Waals surface area contributed by atoms with Crippen molar-refractivity contribution in [3.8, 4) is 34.0 Å². The molecule has 2 aliphatic rings. The molecule has 6 heteroatoms. The van der Waals surface area contributed by atoms with E-state index in [1.165, 1.54) is 5.57 Å². The molecule has 0 saturated heterocycles. The molecule has 1 aliphatic heterocycles. The molecule has 9 rings (SSSR count). The third kappa shape index (κ3) is 6.58. The number of aryl methyl sites for hydroxylation is 1. The van der Waals surface area contributed by atoms with Gasteiger partial charge in [0.05, 0.1) is 28.4 Å². The number of hydrogen-bond acceptors (Lipinski definition) is 5. The van der Waals surface area contributed by atoms with Crippen LogP contribution in [0.15, 0.2) is 180 Å². The van der Waals surface area contributed by atoms with Gasteiger partial charge >= 0.3 is 0 Å². The maximum atomic E-state index is 9.74. The van der Waals surface area contributed by atoms with Crippen molar-refractivity contribution in [1.29, 1.82) is 5.26 Å². The average molecular weight is 711 g/mol. The summed E-state index contributed by atoms with van der Waals surface area (Å²) in [7, 11) is 0. The van der Waals surface area contributed by atoms with Crippen molar-refractivity contribution in [3.63, 3.8) is 0 Å². The highest BCUT2D eigenvalue weighted by Gasteiger charge is 2.29. The lowest BCUT2D eigenvalue weighted by Crippen LogP contribution is -2.43. The van der Waals surface area contributed by atoms with Crippen molar-refractivity contribution in [1.82, 2.24) is 14.9 Å². The number of amidine groups is 2. The first-order valence-electron chi connectivity index (χ1n) is 18.8. The van der Waals surface area contributed by atoms with Crippen LogP contribution in [-0.2, 0) is 6.42 Å². The van der Waals surface area contributed by atoms with Crippen molar-refractivity contribution < 1.29 is 0 Å². The fourth-order valence-corrected chi connectivity index (χ4v) is 7.74. The van der Waals surface area contributed by atoms with E-state index in [4.69, 9.17) is 15.0 Å². The quantitative estimate of drug-likeness (QED) is 0.171. The van der Waals surface area contributed by atoms with E-state index in [0.29, 0.717) is 5.56 Å². The van der Waals surface area contributed by atoms with Gasteiger partial charge in [0.1, 0.15) is 17.8 Å². The molecule has 0 bridgehead atoms. The van der Waals surface area contributed by atoms with Crippen LogP contribution in [0.25, 0.3) is 44.5 Å². The van der Waals surface area contributed by atoms with Gasteiger partial charge in [-0.05, 0) is 70.6 Å². The number of nitrogens with zero attached hydrogens (tertiary/aromatic N) is 5. The van der Waals surface area contributed by atoms with E-state index < -0.39 is 0 Å². The number of allylic oxidation sites excluding steroid dienone is 3. The summed E-state index contributed by atoms with van der Waals surface area (Å²) >= 11 is 0. The Hall–Kier alpha value is -7.10. The molecule has 6 aromatic carbocycles. The van der Waals surface area contributed by atoms with E-state index in [-0.39, 0.29) is 12.1 Å². The highest BCUT2D eigenvalue weighted by Crippen LogP contribution is 2.41. The Morgan fingerprint density at radius 2 is 1.44 bits per heavy atom. The summed E-state index contributed by atoms with van der Waals surface area (Å²) in [5.41, 5.74) is 12.5. The summed E-state index contributed by atoms with van der Waals surface area (Å²) < 4.78 is 2.31. The lowest BCUT2D eigenvalue weighted by molar-refractivity contribution is 0.480. The third-order valence-electron chi connectivity index (χ3n) is 10.4. The Labute approximate surface area is 321 Å². The van der Waals surface area contributed by atoms with Gasteiger partial charge in [0.25, 0.3) is 0 Å². The summed E-state index contributed by atoms with van der Waals surface area (Å²) in [6.45, 7) is 2.16. The Kier molecular flexibility index (Phi) is 9.03. The van der Waals surface area contributed by atoms with Gasteiger partial charge in [0.2, 0.25) is 0 Å². The van der Waals surface area contributed by atoms with E-state index in [0.717, 1.165) is 86.0 Å². The minimum Gasteiger partial charge on any atom is -0.347 e. The van der Waals surface area contributed by atoms with Crippen LogP contribution in [0.1, 0.15) is 41.4 Å². The monoisotopic (exact) mass is 710 g/mol. The number of aromatic nitrogens is 2. The molecule has 0 fully saturated rings. The fourth-order valence-electron chi connectivity index (χ4n) is 7.74. The van der Waals surface area contributed by atoms with Gasteiger partial charge in [-0.2, -0.15) is 5.26 Å². The molecule has 2 heterocycles. The Morgan fingerprint density at radius 1 is 0.709 bits per heavy atom. The standard InChI is InChI=1S/C49H38N6/c1-2-46-51-43-24-10-12-26-45(43)55(46)44-25-11-9-23-41(44)40-28-27-37(36-20-13-15-33(29-36)32-50)31-42(40)38-21-14-22-39(30-38)49-53-47(34-16-5-3-6-17-34)52-48(54-49)35-18-7-4-8-19-35/h3-29,31,39,49H,2,30H2,1H3,(H,52,53,54). The summed E-state index contributed by atoms with van der Waals surface area (Å²) in [6, 6.07) is 54.4. The molecule has 0 spiro atoms. The molecule has 1 aliphatic carbocycles. The Bertz CT molecular complexity index is 2710. The van der Waals surface area contributed by atoms with Crippen LogP contribution in [0.5, 0.6) is 0 Å². The molecule has 264 valence electrons. The zero-order valence-corrected chi connectivity index (χ0v) is 30.5. The largest absolute Gasteiger partial charge is 0.347 e. The number of aliphatic imine (C=N–C) groups is 2. The summed E-state index contributed by atoms with van der Waals surface area (Å²) in [5.74, 6) is 2.61. The average Bonchev–Trinajstić information content (AvgIpc) is 3.65. The molecule has 1 aromatic heterocycles. The minimum absolute atomic E-state index is 0.0471. The summed E-state index contributed by atoms with van der Waals surface area (Å²) in [6.07, 6.45) is 8.00. The van der Waals surface area contributed by atoms with Gasteiger partial charge < -0.3 is 5.32 Å². The molecule has 55 heavy (non-hydrogen) atoms. The molecule has 7 aromatic rings. The molecule has 0 radical (unpaired) electrons. The van der Waals surface area contributed by atoms with Crippen LogP contribution in [0.4, 0.5) is 0 Å². The van der Waals surface area contributed by atoms with Crippen LogP contribution in [0, 0.1) is 17.2 Å². The number of nitrogens with one attached hydrogen (secondary N) is 1. The van der Waals surface area contributed by atoms with E-state index >= 15 is 0 Å². The third-order valence-corrected chi connectivity index (χ3v) is 10.4. The van der Waals surface area contributed by atoms with Crippen molar-refractivity contribution in [3.05, 3.63) is 198 Å². The molecular weight excluding hydrogens is 673 g/mol. The van der Waals surface area contributed by atoms with Crippen molar-refractivity contribution in [2.45, 2.75) is 25.9 Å². The number of imidazole rings is 1. The number of rotatable bonds is 8. The number of benzene rings is 6. The number of hydrogen-bond donors (Lipinski definition) is 1. The normalized spacial score (nSPS) is 16.5. The highest BCUT2D eigenvalue weighted by molar-refractivity contribution is 6.13. The first-order valence-corrected chi connectivity index (χ1v) is 18.8. The minimum atomic E-state index is -0.237. The van der Waals surface area contributed by atoms with Crippen molar-refractivity contribution >= 4 is 28.3 Å². The van der Waals surface area contributed by atoms with Gasteiger partial charge in [0, 0.05) is 29.0 Å². The molecule has 2 unspecified atom stereocenters. The number of nitriles is 1. The van der Waals surface area contributed by atoms with Gasteiger partial charge in [-0.1, -0.05) is 140 Å². The van der Waals surface area contributed by atoms with Crippen LogP contribution in [0.3, 0.4) is 0 Å². The summed E-state index contributed by atoms with van der Waals surface area (Å²) in [4.78, 5) is 15.3. The number of fused-ring (bicyclic) bond motifs is 1. The van der Waals surface area contributed by atoms with Crippen LogP contribution >= 0.6 is 0 Å². The maximum Gasteiger partial charge on any atom is 0.159 e. The SMILES string of the molecule is CCc1nc2ccccc2n1-c1ccccc1-c1ccc(-c2cccc(C#N)c2)cc1C1=CC=CC(C2N=C(c3ccccc3)N=C(c3ccccc3)N2)C1. The van der Waals surface area contributed by atoms with E-state index in [1.54, 1.807) is 0 Å². The first-order chi connectivity index (χ1) is 27.2. The van der Waals surface area contributed by atoms with Crippen molar-refractivity contribution in [2.75, 3.05) is 0 Å². The fraction of sp³-hybridized carbons (Fsp3) is 0.102.